The summed E-state index contributed by atoms with van der Waals surface area (Å²) >= 11 is 1.69. The van der Waals surface area contributed by atoms with Crippen LogP contribution in [0.1, 0.15) is 43.4 Å². The van der Waals surface area contributed by atoms with E-state index in [9.17, 15) is 0 Å². The van der Waals surface area contributed by atoms with Gasteiger partial charge in [0.25, 0.3) is 0 Å². The molecule has 0 radical (unpaired) electrons. The van der Waals surface area contributed by atoms with Crippen LogP contribution >= 0.6 is 11.8 Å². The SMILES string of the molecule is CCCc1cc(N2CCC(NCc3cnc(SC)n3C)CC2)nc(C)n1. The maximum Gasteiger partial charge on any atom is 0.167 e. The molecule has 3 heterocycles. The quantitative estimate of drug-likeness (QED) is 0.752. The number of imidazole rings is 1. The summed E-state index contributed by atoms with van der Waals surface area (Å²) in [5, 5.41) is 4.77. The third kappa shape index (κ3) is 4.57. The Bertz CT molecular complexity index is 721. The van der Waals surface area contributed by atoms with E-state index < -0.39 is 0 Å². The molecule has 0 saturated carbocycles. The highest BCUT2D eigenvalue weighted by Gasteiger charge is 2.21. The smallest absolute Gasteiger partial charge is 0.167 e. The second-order valence-electron chi connectivity index (χ2n) is 6.95. The van der Waals surface area contributed by atoms with Crippen molar-refractivity contribution in [2.75, 3.05) is 24.2 Å². The van der Waals surface area contributed by atoms with Crippen LogP contribution < -0.4 is 10.2 Å². The van der Waals surface area contributed by atoms with Gasteiger partial charge in [-0.1, -0.05) is 25.1 Å². The van der Waals surface area contributed by atoms with Gasteiger partial charge in [-0.25, -0.2) is 15.0 Å². The summed E-state index contributed by atoms with van der Waals surface area (Å²) in [6.45, 7) is 7.15. The van der Waals surface area contributed by atoms with Crippen molar-refractivity contribution in [1.29, 1.82) is 0 Å². The molecule has 0 bridgehead atoms. The lowest BCUT2D eigenvalue weighted by Gasteiger charge is -2.33. The van der Waals surface area contributed by atoms with E-state index in [0.29, 0.717) is 6.04 Å². The Morgan fingerprint density at radius 2 is 2.04 bits per heavy atom. The highest BCUT2D eigenvalue weighted by molar-refractivity contribution is 7.98. The van der Waals surface area contributed by atoms with Gasteiger partial charge in [-0.2, -0.15) is 0 Å². The van der Waals surface area contributed by atoms with Crippen LogP contribution in [0.15, 0.2) is 17.4 Å². The minimum absolute atomic E-state index is 0.553. The minimum Gasteiger partial charge on any atom is -0.356 e. The summed E-state index contributed by atoms with van der Waals surface area (Å²) in [6.07, 6.45) is 8.47. The van der Waals surface area contributed by atoms with Crippen LogP contribution in [0.3, 0.4) is 0 Å². The van der Waals surface area contributed by atoms with E-state index >= 15 is 0 Å². The van der Waals surface area contributed by atoms with Crippen LogP contribution in [0.5, 0.6) is 0 Å². The summed E-state index contributed by atoms with van der Waals surface area (Å²) in [7, 11) is 2.09. The first kappa shape index (κ1) is 19.2. The predicted molar refractivity (Wildman–Crippen MR) is 108 cm³/mol. The standard InChI is InChI=1S/C19H30N6S/c1-5-6-16-11-18(23-14(2)22-16)25-9-7-15(8-10-25)20-12-17-13-21-19(26-4)24(17)3/h11,13,15,20H,5-10,12H2,1-4H3. The minimum atomic E-state index is 0.553. The number of aromatic nitrogens is 4. The molecule has 1 N–H and O–H groups in total. The lowest BCUT2D eigenvalue weighted by molar-refractivity contribution is 0.407. The van der Waals surface area contributed by atoms with Gasteiger partial charge in [-0.15, -0.1) is 0 Å². The van der Waals surface area contributed by atoms with Gasteiger partial charge in [0.15, 0.2) is 5.16 Å². The number of anilines is 1. The van der Waals surface area contributed by atoms with Crippen LogP contribution in [0, 0.1) is 6.92 Å². The molecule has 2 aromatic heterocycles. The molecule has 1 fully saturated rings. The van der Waals surface area contributed by atoms with Crippen molar-refractivity contribution in [1.82, 2.24) is 24.8 Å². The second kappa shape index (κ2) is 8.86. The number of aryl methyl sites for hydroxylation is 2. The molecule has 0 aliphatic carbocycles. The average Bonchev–Trinajstić information content (AvgIpc) is 3.00. The van der Waals surface area contributed by atoms with Gasteiger partial charge in [0.2, 0.25) is 0 Å². The van der Waals surface area contributed by atoms with Gasteiger partial charge in [0, 0.05) is 44.5 Å². The Labute approximate surface area is 160 Å². The molecule has 2 aromatic rings. The number of piperidine rings is 1. The molecule has 1 saturated heterocycles. The normalized spacial score (nSPS) is 15.6. The molecular weight excluding hydrogens is 344 g/mol. The van der Waals surface area contributed by atoms with Gasteiger partial charge in [-0.3, -0.25) is 0 Å². The average molecular weight is 375 g/mol. The topological polar surface area (TPSA) is 58.9 Å². The van der Waals surface area contributed by atoms with Crippen LogP contribution in [0.4, 0.5) is 5.82 Å². The number of rotatable bonds is 7. The van der Waals surface area contributed by atoms with Gasteiger partial charge in [0.05, 0.1) is 11.9 Å². The predicted octanol–water partition coefficient (Wildman–Crippen LogP) is 2.95. The molecule has 0 amide bonds. The summed E-state index contributed by atoms with van der Waals surface area (Å²) in [5.74, 6) is 1.97. The Kier molecular flexibility index (Phi) is 6.53. The monoisotopic (exact) mass is 374 g/mol. The Morgan fingerprint density at radius 1 is 1.27 bits per heavy atom. The fraction of sp³-hybridized carbons (Fsp3) is 0.632. The molecule has 3 rings (SSSR count). The maximum atomic E-state index is 4.66. The Balaban J connectivity index is 1.53. The van der Waals surface area contributed by atoms with Crippen molar-refractivity contribution in [2.24, 2.45) is 7.05 Å². The molecular formula is C19H30N6S. The van der Waals surface area contributed by atoms with Gasteiger partial charge in [0.1, 0.15) is 11.6 Å². The Hall–Kier alpha value is -1.60. The van der Waals surface area contributed by atoms with Crippen molar-refractivity contribution >= 4 is 17.6 Å². The first-order valence-corrected chi connectivity index (χ1v) is 10.7. The molecule has 0 spiro atoms. The van der Waals surface area contributed by atoms with E-state index in [0.717, 1.165) is 67.8 Å². The fourth-order valence-corrected chi connectivity index (χ4v) is 4.05. The number of nitrogens with zero attached hydrogens (tertiary/aromatic N) is 5. The molecule has 7 heteroatoms. The first-order chi connectivity index (χ1) is 12.6. The van der Waals surface area contributed by atoms with Gasteiger partial charge < -0.3 is 14.8 Å². The van der Waals surface area contributed by atoms with Gasteiger partial charge >= 0.3 is 0 Å². The van der Waals surface area contributed by atoms with Crippen molar-refractivity contribution in [3.05, 3.63) is 29.5 Å². The molecule has 0 atom stereocenters. The number of hydrogen-bond acceptors (Lipinski definition) is 6. The van der Waals surface area contributed by atoms with E-state index in [-0.39, 0.29) is 0 Å². The van der Waals surface area contributed by atoms with Crippen LogP contribution in [0.25, 0.3) is 0 Å². The number of nitrogens with one attached hydrogen (secondary N) is 1. The van der Waals surface area contributed by atoms with Crippen molar-refractivity contribution in [3.63, 3.8) is 0 Å². The summed E-state index contributed by atoms with van der Waals surface area (Å²) in [6, 6.07) is 2.72. The largest absolute Gasteiger partial charge is 0.356 e. The molecule has 142 valence electrons. The highest BCUT2D eigenvalue weighted by Crippen LogP contribution is 2.20. The summed E-state index contributed by atoms with van der Waals surface area (Å²) in [5.41, 5.74) is 2.41. The van der Waals surface area contributed by atoms with Crippen molar-refractivity contribution in [3.8, 4) is 0 Å². The van der Waals surface area contributed by atoms with Gasteiger partial charge in [-0.05, 0) is 32.4 Å². The van der Waals surface area contributed by atoms with Crippen molar-refractivity contribution in [2.45, 2.75) is 57.3 Å². The van der Waals surface area contributed by atoms with E-state index in [2.05, 4.69) is 56.0 Å². The third-order valence-corrected chi connectivity index (χ3v) is 5.74. The van der Waals surface area contributed by atoms with Crippen molar-refractivity contribution < 1.29 is 0 Å². The lowest BCUT2D eigenvalue weighted by Crippen LogP contribution is -2.42. The van der Waals surface area contributed by atoms with Crippen LogP contribution in [-0.4, -0.2) is 44.9 Å². The van der Waals surface area contributed by atoms with E-state index in [1.165, 1.54) is 5.69 Å². The third-order valence-electron chi connectivity index (χ3n) is 5.00. The zero-order valence-corrected chi connectivity index (χ0v) is 17.1. The maximum absolute atomic E-state index is 4.66. The zero-order chi connectivity index (χ0) is 18.5. The zero-order valence-electron chi connectivity index (χ0n) is 16.3. The van der Waals surface area contributed by atoms with E-state index in [1.54, 1.807) is 11.8 Å². The number of hydrogen-bond donors (Lipinski definition) is 1. The summed E-state index contributed by atoms with van der Waals surface area (Å²) < 4.78 is 2.17. The van der Waals surface area contributed by atoms with E-state index in [1.807, 2.05) is 13.1 Å². The first-order valence-electron chi connectivity index (χ1n) is 9.48. The fourth-order valence-electron chi connectivity index (χ4n) is 3.50. The molecule has 0 unspecified atom stereocenters. The molecule has 6 nitrogen and oxygen atoms in total. The van der Waals surface area contributed by atoms with E-state index in [4.69, 9.17) is 0 Å². The molecule has 26 heavy (non-hydrogen) atoms. The molecule has 1 aliphatic heterocycles. The number of thioether (sulfide) groups is 1. The van der Waals surface area contributed by atoms with Crippen LogP contribution in [0.2, 0.25) is 0 Å². The van der Waals surface area contributed by atoms with Crippen LogP contribution in [-0.2, 0) is 20.0 Å². The Morgan fingerprint density at radius 3 is 2.69 bits per heavy atom. The molecule has 0 aromatic carbocycles. The highest BCUT2D eigenvalue weighted by atomic mass is 32.2. The lowest BCUT2D eigenvalue weighted by atomic mass is 10.0. The summed E-state index contributed by atoms with van der Waals surface area (Å²) in [4.78, 5) is 16.1. The molecule has 1 aliphatic rings. The second-order valence-corrected chi connectivity index (χ2v) is 7.73.